The van der Waals surface area contributed by atoms with E-state index in [-0.39, 0.29) is 29.5 Å². The molecule has 7 nitrogen and oxygen atoms in total. The highest BCUT2D eigenvalue weighted by atomic mass is 35.5. The molecule has 33 heavy (non-hydrogen) atoms. The first-order valence-electron chi connectivity index (χ1n) is 10.8. The molecule has 1 aliphatic heterocycles. The molecule has 2 aromatic carbocycles. The molecule has 0 radical (unpaired) electrons. The largest absolute Gasteiger partial charge is 0.391 e. The number of rotatable bonds is 7. The van der Waals surface area contributed by atoms with Crippen LogP contribution in [0.2, 0.25) is 5.02 Å². The van der Waals surface area contributed by atoms with Crippen LogP contribution in [-0.4, -0.2) is 47.2 Å². The second-order valence-corrected chi connectivity index (χ2v) is 11.9. The first-order valence-corrected chi connectivity index (χ1v) is 13.6. The van der Waals surface area contributed by atoms with Crippen LogP contribution in [-0.2, 0) is 28.3 Å². The number of hydrogen-bond acceptors (Lipinski definition) is 7. The molecule has 1 unspecified atom stereocenters. The Morgan fingerprint density at radius 3 is 2.73 bits per heavy atom. The van der Waals surface area contributed by atoms with Gasteiger partial charge < -0.3 is 9.67 Å². The third-order valence-corrected chi connectivity index (χ3v) is 8.83. The number of hydrogen-bond donors (Lipinski definition) is 1. The molecule has 1 N–H and O–H groups in total. The zero-order valence-corrected chi connectivity index (χ0v) is 20.7. The van der Waals surface area contributed by atoms with Crippen molar-refractivity contribution < 1.29 is 18.3 Å². The summed E-state index contributed by atoms with van der Waals surface area (Å²) in [5, 5.41) is 18.0. The smallest absolute Gasteiger partial charge is 0.208 e. The Balaban J connectivity index is 1.49. The van der Waals surface area contributed by atoms with Crippen molar-refractivity contribution in [3.05, 3.63) is 57.3 Å². The Kier molecular flexibility index (Phi) is 7.23. The zero-order chi connectivity index (χ0) is 23.6. The van der Waals surface area contributed by atoms with Gasteiger partial charge in [0, 0.05) is 36.1 Å². The molecule has 1 aromatic heterocycles. The summed E-state index contributed by atoms with van der Waals surface area (Å²) in [6.07, 6.45) is 4.24. The molecular formula is C23H26ClN3O4S2. The van der Waals surface area contributed by atoms with Crippen molar-refractivity contribution in [2.24, 2.45) is 12.1 Å². The van der Waals surface area contributed by atoms with Gasteiger partial charge in [-0.3, -0.25) is 9.80 Å². The molecule has 0 saturated carbocycles. The average Bonchev–Trinajstić information content (AvgIpc) is 3.16. The number of fused-ring (bicyclic) bond motifs is 1. The van der Waals surface area contributed by atoms with Crippen LogP contribution in [0, 0.1) is 0 Å². The number of carbonyl (C=O) groups excluding carboxylic acids is 1. The number of nitrogens with zero attached hydrogens (tertiary/aromatic N) is 3. The van der Waals surface area contributed by atoms with E-state index in [1.54, 1.807) is 41.4 Å². The fourth-order valence-electron chi connectivity index (χ4n) is 4.03. The van der Waals surface area contributed by atoms with Crippen molar-refractivity contribution in [2.75, 3.05) is 12.3 Å². The third kappa shape index (κ3) is 5.48. The lowest BCUT2D eigenvalue weighted by atomic mass is 9.99. The predicted octanol–water partition coefficient (Wildman–Crippen LogP) is 3.49. The lowest BCUT2D eigenvalue weighted by molar-refractivity contribution is -0.125. The van der Waals surface area contributed by atoms with Gasteiger partial charge in [0.15, 0.2) is 15.6 Å². The monoisotopic (exact) mass is 507 g/mol. The molecule has 1 aliphatic rings. The maximum atomic E-state index is 13.0. The summed E-state index contributed by atoms with van der Waals surface area (Å²) in [7, 11) is -1.76. The summed E-state index contributed by atoms with van der Waals surface area (Å²) < 4.78 is 27.7. The van der Waals surface area contributed by atoms with Crippen LogP contribution in [0.15, 0.2) is 52.6 Å². The van der Waals surface area contributed by atoms with Crippen molar-refractivity contribution in [3.63, 3.8) is 0 Å². The highest BCUT2D eigenvalue weighted by Gasteiger charge is 2.29. The normalized spacial score (nSPS) is 17.6. The van der Waals surface area contributed by atoms with E-state index in [0.29, 0.717) is 22.8 Å². The summed E-state index contributed by atoms with van der Waals surface area (Å²) in [6, 6.07) is 9.79. The minimum Gasteiger partial charge on any atom is -0.391 e. The van der Waals surface area contributed by atoms with E-state index in [2.05, 4.69) is 5.10 Å². The van der Waals surface area contributed by atoms with Crippen LogP contribution in [0.4, 0.5) is 0 Å². The van der Waals surface area contributed by atoms with E-state index in [1.165, 1.54) is 11.3 Å². The number of aliphatic hydroxyl groups excluding tert-OH is 1. The van der Waals surface area contributed by atoms with E-state index in [4.69, 9.17) is 11.6 Å². The van der Waals surface area contributed by atoms with E-state index in [1.807, 2.05) is 17.8 Å². The van der Waals surface area contributed by atoms with E-state index in [9.17, 15) is 18.3 Å². The molecular weight excluding hydrogens is 482 g/mol. The molecule has 1 fully saturated rings. The van der Waals surface area contributed by atoms with Crippen molar-refractivity contribution in [1.29, 1.82) is 0 Å². The Morgan fingerprint density at radius 1 is 1.21 bits per heavy atom. The number of aliphatic hydroxyl groups is 1. The number of piperidine rings is 1. The van der Waals surface area contributed by atoms with Gasteiger partial charge >= 0.3 is 0 Å². The summed E-state index contributed by atoms with van der Waals surface area (Å²) in [6.45, 7) is 0.582. The van der Waals surface area contributed by atoms with Gasteiger partial charge in [-0.2, -0.15) is 0 Å². The predicted molar refractivity (Wildman–Crippen MR) is 130 cm³/mol. The van der Waals surface area contributed by atoms with Crippen molar-refractivity contribution >= 4 is 49.3 Å². The van der Waals surface area contributed by atoms with Gasteiger partial charge in [0.2, 0.25) is 4.80 Å². The fraction of sp³-hybridized carbons (Fsp3) is 0.391. The SMILES string of the molecule is Cn1cc(CO)s/c1=N\N1CCCCC1C(=O)CCS(=O)(=O)c1ccc2cc(Cl)ccc2c1. The molecule has 4 rings (SSSR count). The molecule has 1 atom stereocenters. The van der Waals surface area contributed by atoms with Crippen LogP contribution in [0.5, 0.6) is 0 Å². The summed E-state index contributed by atoms with van der Waals surface area (Å²) in [5.74, 6) is -0.354. The molecule has 0 bridgehead atoms. The molecule has 0 spiro atoms. The average molecular weight is 508 g/mol. The first kappa shape index (κ1) is 23.9. The van der Waals surface area contributed by atoms with Gasteiger partial charge in [-0.1, -0.05) is 35.1 Å². The van der Waals surface area contributed by atoms with E-state index < -0.39 is 15.9 Å². The third-order valence-electron chi connectivity index (χ3n) is 5.83. The van der Waals surface area contributed by atoms with E-state index in [0.717, 1.165) is 28.5 Å². The Morgan fingerprint density at radius 2 is 1.97 bits per heavy atom. The number of aromatic nitrogens is 1. The minimum atomic E-state index is -3.61. The van der Waals surface area contributed by atoms with Crippen molar-refractivity contribution in [2.45, 2.75) is 43.2 Å². The number of benzene rings is 2. The van der Waals surface area contributed by atoms with Gasteiger partial charge in [0.05, 0.1) is 17.3 Å². The number of sulfone groups is 1. The van der Waals surface area contributed by atoms with Crippen LogP contribution in [0.25, 0.3) is 10.8 Å². The Labute approximate surface area is 201 Å². The number of halogens is 1. The van der Waals surface area contributed by atoms with Crippen LogP contribution < -0.4 is 4.80 Å². The zero-order valence-electron chi connectivity index (χ0n) is 18.3. The topological polar surface area (TPSA) is 92.0 Å². The second-order valence-electron chi connectivity index (χ2n) is 8.21. The number of aryl methyl sites for hydroxylation is 1. The minimum absolute atomic E-state index is 0.0594. The molecule has 0 amide bonds. The summed E-state index contributed by atoms with van der Waals surface area (Å²) in [4.78, 5) is 14.7. The number of ketones is 1. The van der Waals surface area contributed by atoms with Gasteiger partial charge in [-0.15, -0.1) is 5.10 Å². The second kappa shape index (κ2) is 9.97. The lowest BCUT2D eigenvalue weighted by Gasteiger charge is -2.32. The lowest BCUT2D eigenvalue weighted by Crippen LogP contribution is -2.43. The maximum absolute atomic E-state index is 13.0. The number of carbonyl (C=O) groups is 1. The summed E-state index contributed by atoms with van der Waals surface area (Å²) >= 11 is 7.38. The van der Waals surface area contributed by atoms with Crippen LogP contribution in [0.1, 0.15) is 30.6 Å². The van der Waals surface area contributed by atoms with Gasteiger partial charge in [-0.25, -0.2) is 8.42 Å². The van der Waals surface area contributed by atoms with Crippen molar-refractivity contribution in [1.82, 2.24) is 9.58 Å². The number of thiazole rings is 1. The van der Waals surface area contributed by atoms with Crippen LogP contribution in [0.3, 0.4) is 0 Å². The standard InChI is InChI=1S/C23H26ClN3O4S2/c1-26-14-19(15-28)32-23(26)25-27-10-3-2-4-21(27)22(29)9-11-33(30,31)20-8-6-16-12-18(24)7-5-17(16)13-20/h5-8,12-14,21,28H,2-4,9-11,15H2,1H3/b25-23-. The van der Waals surface area contributed by atoms with Gasteiger partial charge in [0.25, 0.3) is 0 Å². The number of Topliss-reactive ketones (excluding diaryl/α,β-unsaturated/α-hetero) is 1. The molecule has 10 heteroatoms. The van der Waals surface area contributed by atoms with E-state index >= 15 is 0 Å². The molecule has 1 saturated heterocycles. The quantitative estimate of drug-likeness (QED) is 0.528. The maximum Gasteiger partial charge on any atom is 0.208 e. The highest BCUT2D eigenvalue weighted by molar-refractivity contribution is 7.91. The highest BCUT2D eigenvalue weighted by Crippen LogP contribution is 2.24. The van der Waals surface area contributed by atoms with Gasteiger partial charge in [-0.05, 0) is 54.3 Å². The molecule has 3 aromatic rings. The first-order chi connectivity index (χ1) is 15.8. The molecule has 176 valence electrons. The Hall–Kier alpha value is -2.20. The Bertz CT molecular complexity index is 1350. The van der Waals surface area contributed by atoms with Crippen LogP contribution >= 0.6 is 22.9 Å². The molecule has 2 heterocycles. The fourth-order valence-corrected chi connectivity index (χ4v) is 6.35. The summed E-state index contributed by atoms with van der Waals surface area (Å²) in [5.41, 5.74) is 0. The van der Waals surface area contributed by atoms with Gasteiger partial charge in [0.1, 0.15) is 6.04 Å². The molecule has 0 aliphatic carbocycles. The van der Waals surface area contributed by atoms with Crippen molar-refractivity contribution in [3.8, 4) is 0 Å².